The van der Waals surface area contributed by atoms with Crippen LogP contribution in [0.15, 0.2) is 0 Å². The summed E-state index contributed by atoms with van der Waals surface area (Å²) in [6.07, 6.45) is 3.00. The van der Waals surface area contributed by atoms with Crippen molar-refractivity contribution in [2.45, 2.75) is 31.9 Å². The molecule has 0 aromatic rings. The highest BCUT2D eigenvalue weighted by molar-refractivity contribution is 5.53. The van der Waals surface area contributed by atoms with Crippen molar-refractivity contribution in [2.24, 2.45) is 5.92 Å². The van der Waals surface area contributed by atoms with Gasteiger partial charge in [-0.05, 0) is 25.7 Å². The maximum Gasteiger partial charge on any atom is 0.123 e. The van der Waals surface area contributed by atoms with Crippen molar-refractivity contribution in [3.63, 3.8) is 0 Å². The average Bonchev–Trinajstić information content (AvgIpc) is 1.90. The maximum atomic E-state index is 12.4. The Morgan fingerprint density at radius 3 is 2.22 bits per heavy atom. The SMILES string of the molecule is O=C[C@H]1CC[C@H](F)CC1. The van der Waals surface area contributed by atoms with Gasteiger partial charge in [0.15, 0.2) is 0 Å². The van der Waals surface area contributed by atoms with E-state index in [1.54, 1.807) is 0 Å². The van der Waals surface area contributed by atoms with Gasteiger partial charge in [-0.15, -0.1) is 0 Å². The fraction of sp³-hybridized carbons (Fsp3) is 0.857. The zero-order valence-electron chi connectivity index (χ0n) is 5.35. The van der Waals surface area contributed by atoms with Gasteiger partial charge < -0.3 is 4.79 Å². The number of alkyl halides is 1. The molecule has 0 radical (unpaired) electrons. The predicted molar refractivity (Wildman–Crippen MR) is 32.9 cm³/mol. The molecule has 0 saturated heterocycles. The number of hydrogen-bond acceptors (Lipinski definition) is 1. The molecule has 0 heterocycles. The second-order valence-electron chi connectivity index (χ2n) is 2.65. The highest BCUT2D eigenvalue weighted by atomic mass is 19.1. The minimum Gasteiger partial charge on any atom is -0.303 e. The van der Waals surface area contributed by atoms with Crippen LogP contribution >= 0.6 is 0 Å². The molecule has 1 fully saturated rings. The lowest BCUT2D eigenvalue weighted by molar-refractivity contribution is -0.112. The Kier molecular flexibility index (Phi) is 2.20. The van der Waals surface area contributed by atoms with Gasteiger partial charge in [0.1, 0.15) is 12.5 Å². The second-order valence-corrected chi connectivity index (χ2v) is 2.65. The molecule has 9 heavy (non-hydrogen) atoms. The van der Waals surface area contributed by atoms with E-state index in [1.807, 2.05) is 0 Å². The Balaban J connectivity index is 2.26. The van der Waals surface area contributed by atoms with Gasteiger partial charge in [-0.3, -0.25) is 0 Å². The van der Waals surface area contributed by atoms with Crippen LogP contribution < -0.4 is 0 Å². The van der Waals surface area contributed by atoms with Crippen LogP contribution in [0.5, 0.6) is 0 Å². The summed E-state index contributed by atoms with van der Waals surface area (Å²) in [5, 5.41) is 0. The van der Waals surface area contributed by atoms with Crippen LogP contribution in [-0.2, 0) is 4.79 Å². The van der Waals surface area contributed by atoms with Crippen molar-refractivity contribution in [1.82, 2.24) is 0 Å². The highest BCUT2D eigenvalue weighted by Crippen LogP contribution is 2.24. The summed E-state index contributed by atoms with van der Waals surface area (Å²) in [4.78, 5) is 10.1. The number of aldehydes is 1. The summed E-state index contributed by atoms with van der Waals surface area (Å²) in [7, 11) is 0. The zero-order valence-corrected chi connectivity index (χ0v) is 5.35. The molecular formula is C7H11FO. The van der Waals surface area contributed by atoms with E-state index < -0.39 is 6.17 Å². The average molecular weight is 130 g/mol. The lowest BCUT2D eigenvalue weighted by atomic mass is 9.89. The topological polar surface area (TPSA) is 17.1 Å². The Morgan fingerprint density at radius 2 is 1.78 bits per heavy atom. The normalized spacial score (nSPS) is 36.1. The minimum atomic E-state index is -0.638. The minimum absolute atomic E-state index is 0.150. The molecule has 1 aliphatic carbocycles. The quantitative estimate of drug-likeness (QED) is 0.494. The Hall–Kier alpha value is -0.400. The molecule has 1 rings (SSSR count). The van der Waals surface area contributed by atoms with Gasteiger partial charge in [0.2, 0.25) is 0 Å². The van der Waals surface area contributed by atoms with Crippen LogP contribution in [0.3, 0.4) is 0 Å². The van der Waals surface area contributed by atoms with Gasteiger partial charge in [-0.25, -0.2) is 4.39 Å². The molecule has 2 heteroatoms. The van der Waals surface area contributed by atoms with E-state index in [-0.39, 0.29) is 5.92 Å². The van der Waals surface area contributed by atoms with E-state index in [4.69, 9.17) is 0 Å². The number of rotatable bonds is 1. The van der Waals surface area contributed by atoms with Crippen LogP contribution in [0, 0.1) is 5.92 Å². The van der Waals surface area contributed by atoms with E-state index in [0.717, 1.165) is 19.1 Å². The van der Waals surface area contributed by atoms with E-state index in [1.165, 1.54) is 0 Å². The van der Waals surface area contributed by atoms with Crippen molar-refractivity contribution in [1.29, 1.82) is 0 Å². The standard InChI is InChI=1S/C7H11FO/c8-7-3-1-6(5-9)2-4-7/h5-7H,1-4H2/t6-,7-. The van der Waals surface area contributed by atoms with Crippen LogP contribution in [0.4, 0.5) is 4.39 Å². The summed E-state index contributed by atoms with van der Waals surface area (Å²) in [5.74, 6) is 0.150. The Morgan fingerprint density at radius 1 is 1.22 bits per heavy atom. The van der Waals surface area contributed by atoms with Crippen LogP contribution in [0.1, 0.15) is 25.7 Å². The molecule has 0 amide bonds. The van der Waals surface area contributed by atoms with Crippen molar-refractivity contribution < 1.29 is 9.18 Å². The van der Waals surface area contributed by atoms with Gasteiger partial charge >= 0.3 is 0 Å². The molecule has 0 aromatic carbocycles. The van der Waals surface area contributed by atoms with E-state index >= 15 is 0 Å². The van der Waals surface area contributed by atoms with E-state index in [0.29, 0.717) is 12.8 Å². The van der Waals surface area contributed by atoms with Gasteiger partial charge in [0, 0.05) is 5.92 Å². The molecule has 1 saturated carbocycles. The monoisotopic (exact) mass is 130 g/mol. The highest BCUT2D eigenvalue weighted by Gasteiger charge is 2.19. The third kappa shape index (κ3) is 1.77. The zero-order chi connectivity index (χ0) is 6.69. The van der Waals surface area contributed by atoms with Crippen molar-refractivity contribution >= 4 is 6.29 Å². The molecule has 1 aliphatic rings. The fourth-order valence-corrected chi connectivity index (χ4v) is 1.21. The van der Waals surface area contributed by atoms with Crippen LogP contribution in [0.25, 0.3) is 0 Å². The number of hydrogen-bond donors (Lipinski definition) is 0. The van der Waals surface area contributed by atoms with Crippen LogP contribution in [-0.4, -0.2) is 12.5 Å². The third-order valence-electron chi connectivity index (χ3n) is 1.89. The van der Waals surface area contributed by atoms with E-state index in [2.05, 4.69) is 0 Å². The second kappa shape index (κ2) is 2.95. The first-order valence-electron chi connectivity index (χ1n) is 3.42. The Labute approximate surface area is 54.3 Å². The Bertz CT molecular complexity index is 95.1. The summed E-state index contributed by atoms with van der Waals surface area (Å²) in [6, 6.07) is 0. The first kappa shape index (κ1) is 6.72. The number of carbonyl (C=O) groups excluding carboxylic acids is 1. The van der Waals surface area contributed by atoms with Crippen molar-refractivity contribution in [3.8, 4) is 0 Å². The molecule has 0 unspecified atom stereocenters. The molecule has 1 nitrogen and oxygen atoms in total. The van der Waals surface area contributed by atoms with Gasteiger partial charge in [-0.1, -0.05) is 0 Å². The van der Waals surface area contributed by atoms with Gasteiger partial charge in [0.25, 0.3) is 0 Å². The van der Waals surface area contributed by atoms with Gasteiger partial charge in [-0.2, -0.15) is 0 Å². The molecular weight excluding hydrogens is 119 g/mol. The molecule has 0 N–H and O–H groups in total. The summed E-state index contributed by atoms with van der Waals surface area (Å²) >= 11 is 0. The largest absolute Gasteiger partial charge is 0.303 e. The summed E-state index contributed by atoms with van der Waals surface area (Å²) in [5.41, 5.74) is 0. The molecule has 0 spiro atoms. The van der Waals surface area contributed by atoms with Crippen molar-refractivity contribution in [3.05, 3.63) is 0 Å². The van der Waals surface area contributed by atoms with Gasteiger partial charge in [0.05, 0.1) is 0 Å². The number of carbonyl (C=O) groups is 1. The molecule has 52 valence electrons. The lowest BCUT2D eigenvalue weighted by Crippen LogP contribution is -2.15. The summed E-state index contributed by atoms with van der Waals surface area (Å²) in [6.45, 7) is 0. The number of halogens is 1. The fourth-order valence-electron chi connectivity index (χ4n) is 1.21. The van der Waals surface area contributed by atoms with E-state index in [9.17, 15) is 9.18 Å². The smallest absolute Gasteiger partial charge is 0.123 e. The molecule has 0 bridgehead atoms. The van der Waals surface area contributed by atoms with Crippen molar-refractivity contribution in [2.75, 3.05) is 0 Å². The maximum absolute atomic E-state index is 12.4. The molecule has 0 aromatic heterocycles. The lowest BCUT2D eigenvalue weighted by Gasteiger charge is -2.18. The predicted octanol–water partition coefficient (Wildman–Crippen LogP) is 1.71. The summed E-state index contributed by atoms with van der Waals surface area (Å²) < 4.78 is 12.4. The molecule has 0 atom stereocenters. The third-order valence-corrected chi connectivity index (χ3v) is 1.89. The van der Waals surface area contributed by atoms with Crippen LogP contribution in [0.2, 0.25) is 0 Å². The molecule has 0 aliphatic heterocycles. The first-order chi connectivity index (χ1) is 4.33. The first-order valence-corrected chi connectivity index (χ1v) is 3.42.